The van der Waals surface area contributed by atoms with Crippen molar-refractivity contribution < 1.29 is 12.8 Å². The second kappa shape index (κ2) is 8.22. The summed E-state index contributed by atoms with van der Waals surface area (Å²) in [5.41, 5.74) is 0.330. The average molecular weight is 381 g/mol. The monoisotopic (exact) mass is 380 g/mol. The quantitative estimate of drug-likeness (QED) is 0.727. The molecule has 0 atom stereocenters. The van der Waals surface area contributed by atoms with Crippen molar-refractivity contribution in [1.29, 1.82) is 0 Å². The van der Waals surface area contributed by atoms with Crippen LogP contribution in [0.15, 0.2) is 21.5 Å². The molecule has 0 heterocycles. The van der Waals surface area contributed by atoms with Crippen molar-refractivity contribution in [2.75, 3.05) is 6.54 Å². The highest BCUT2D eigenvalue weighted by Crippen LogP contribution is 2.24. The summed E-state index contributed by atoms with van der Waals surface area (Å²) in [5, 5.41) is 3.00. The van der Waals surface area contributed by atoms with E-state index in [2.05, 4.69) is 26.0 Å². The van der Waals surface area contributed by atoms with Crippen LogP contribution in [0.4, 0.5) is 4.39 Å². The van der Waals surface area contributed by atoms with Crippen LogP contribution in [-0.2, 0) is 16.6 Å². The van der Waals surface area contributed by atoms with Crippen molar-refractivity contribution in [2.45, 2.75) is 51.1 Å². The highest BCUT2D eigenvalue weighted by atomic mass is 79.9. The van der Waals surface area contributed by atoms with E-state index in [0.29, 0.717) is 29.4 Å². The first-order chi connectivity index (χ1) is 9.85. The maximum absolute atomic E-state index is 14.4. The smallest absolute Gasteiger partial charge is 0.243 e. The van der Waals surface area contributed by atoms with Gasteiger partial charge in [-0.2, -0.15) is 0 Å². The van der Waals surface area contributed by atoms with E-state index in [1.165, 1.54) is 6.07 Å². The summed E-state index contributed by atoms with van der Waals surface area (Å²) in [6, 6.07) is 2.70. The Balaban J connectivity index is 3.19. The Labute approximate surface area is 134 Å². The maximum atomic E-state index is 14.4. The van der Waals surface area contributed by atoms with Gasteiger partial charge in [0.1, 0.15) is 10.7 Å². The van der Waals surface area contributed by atoms with Gasteiger partial charge in [0.05, 0.1) is 0 Å². The van der Waals surface area contributed by atoms with Crippen LogP contribution in [0, 0.1) is 5.82 Å². The molecule has 0 aliphatic heterocycles. The molecule has 0 bridgehead atoms. The average Bonchev–Trinajstić information content (AvgIpc) is 2.45. The molecule has 1 rings (SSSR count). The van der Waals surface area contributed by atoms with Crippen molar-refractivity contribution >= 4 is 26.0 Å². The lowest BCUT2D eigenvalue weighted by Gasteiger charge is -2.17. The minimum absolute atomic E-state index is 0.189. The van der Waals surface area contributed by atoms with E-state index in [1.807, 2.05) is 20.8 Å². The third kappa shape index (κ3) is 5.02. The zero-order valence-corrected chi connectivity index (χ0v) is 14.9. The van der Waals surface area contributed by atoms with Crippen LogP contribution in [0.1, 0.15) is 39.2 Å². The highest BCUT2D eigenvalue weighted by molar-refractivity contribution is 9.10. The largest absolute Gasteiger partial charge is 0.313 e. The molecule has 7 heteroatoms. The summed E-state index contributed by atoms with van der Waals surface area (Å²) in [6.45, 7) is 6.66. The van der Waals surface area contributed by atoms with Gasteiger partial charge in [-0.15, -0.1) is 0 Å². The summed E-state index contributed by atoms with van der Waals surface area (Å²) in [7, 11) is -3.87. The molecule has 0 saturated heterocycles. The molecule has 21 heavy (non-hydrogen) atoms. The molecule has 0 unspecified atom stereocenters. The van der Waals surface area contributed by atoms with Gasteiger partial charge in [0.2, 0.25) is 10.0 Å². The Morgan fingerprint density at radius 2 is 1.86 bits per heavy atom. The van der Waals surface area contributed by atoms with Crippen LogP contribution in [0.2, 0.25) is 0 Å². The molecule has 0 fully saturated rings. The lowest BCUT2D eigenvalue weighted by atomic mass is 10.2. The van der Waals surface area contributed by atoms with Gasteiger partial charge in [0, 0.05) is 22.6 Å². The first-order valence-electron chi connectivity index (χ1n) is 7.06. The van der Waals surface area contributed by atoms with Crippen LogP contribution >= 0.6 is 15.9 Å². The van der Waals surface area contributed by atoms with E-state index < -0.39 is 15.8 Å². The van der Waals surface area contributed by atoms with Crippen LogP contribution in [0.5, 0.6) is 0 Å². The molecule has 0 saturated carbocycles. The van der Waals surface area contributed by atoms with Crippen molar-refractivity contribution in [3.63, 3.8) is 0 Å². The predicted octanol–water partition coefficient (Wildman–Crippen LogP) is 3.16. The van der Waals surface area contributed by atoms with E-state index in [1.54, 1.807) is 6.07 Å². The fourth-order valence-corrected chi connectivity index (χ4v) is 4.15. The normalized spacial score (nSPS) is 12.1. The zero-order chi connectivity index (χ0) is 16.0. The lowest BCUT2D eigenvalue weighted by Crippen LogP contribution is -2.34. The van der Waals surface area contributed by atoms with E-state index in [4.69, 9.17) is 0 Å². The van der Waals surface area contributed by atoms with Crippen molar-refractivity contribution in [1.82, 2.24) is 10.0 Å². The molecule has 2 N–H and O–H groups in total. The Kier molecular flexibility index (Phi) is 7.26. The molecule has 0 aliphatic rings. The number of nitrogens with one attached hydrogen (secondary N) is 2. The number of benzene rings is 1. The molecular formula is C14H22BrFN2O2S. The topological polar surface area (TPSA) is 58.2 Å². The molecule has 0 amide bonds. The van der Waals surface area contributed by atoms with Gasteiger partial charge in [0.25, 0.3) is 0 Å². The van der Waals surface area contributed by atoms with Crippen molar-refractivity contribution in [3.8, 4) is 0 Å². The second-order valence-electron chi connectivity index (χ2n) is 4.79. The fourth-order valence-electron chi connectivity index (χ4n) is 1.94. The summed E-state index contributed by atoms with van der Waals surface area (Å²) in [5.74, 6) is -0.697. The molecule has 120 valence electrons. The third-order valence-electron chi connectivity index (χ3n) is 3.24. The Morgan fingerprint density at radius 1 is 1.24 bits per heavy atom. The van der Waals surface area contributed by atoms with Gasteiger partial charge in [-0.25, -0.2) is 17.5 Å². The summed E-state index contributed by atoms with van der Waals surface area (Å²) >= 11 is 3.25. The second-order valence-corrected chi connectivity index (χ2v) is 7.39. The van der Waals surface area contributed by atoms with Crippen molar-refractivity contribution in [3.05, 3.63) is 28.0 Å². The van der Waals surface area contributed by atoms with Crippen LogP contribution < -0.4 is 10.0 Å². The van der Waals surface area contributed by atoms with Gasteiger partial charge in [-0.3, -0.25) is 0 Å². The van der Waals surface area contributed by atoms with Crippen LogP contribution in [0.25, 0.3) is 0 Å². The Morgan fingerprint density at radius 3 is 2.38 bits per heavy atom. The molecule has 0 radical (unpaired) electrons. The van der Waals surface area contributed by atoms with Crippen molar-refractivity contribution in [2.24, 2.45) is 0 Å². The molecule has 1 aromatic rings. The highest BCUT2D eigenvalue weighted by Gasteiger charge is 2.24. The SMILES string of the molecule is CCNCc1cc(Br)cc(S(=O)(=O)NC(CC)CC)c1F. The molecule has 1 aromatic carbocycles. The van der Waals surface area contributed by atoms with Gasteiger partial charge >= 0.3 is 0 Å². The van der Waals surface area contributed by atoms with Gasteiger partial charge in [-0.05, 0) is 31.5 Å². The molecular weight excluding hydrogens is 359 g/mol. The Bertz CT molecular complexity index is 575. The number of rotatable bonds is 8. The van der Waals surface area contributed by atoms with E-state index in [0.717, 1.165) is 0 Å². The molecule has 4 nitrogen and oxygen atoms in total. The number of hydrogen-bond acceptors (Lipinski definition) is 3. The Hall–Kier alpha value is -0.500. The minimum atomic E-state index is -3.87. The van der Waals surface area contributed by atoms with E-state index in [-0.39, 0.29) is 17.5 Å². The first kappa shape index (κ1) is 18.5. The summed E-state index contributed by atoms with van der Waals surface area (Å²) < 4.78 is 42.3. The van der Waals surface area contributed by atoms with Gasteiger partial charge in [-0.1, -0.05) is 36.7 Å². The summed E-state index contributed by atoms with van der Waals surface area (Å²) in [6.07, 6.45) is 1.32. The fraction of sp³-hybridized carbons (Fsp3) is 0.571. The van der Waals surface area contributed by atoms with Gasteiger partial charge in [0.15, 0.2) is 0 Å². The van der Waals surface area contributed by atoms with E-state index >= 15 is 0 Å². The van der Waals surface area contributed by atoms with Crippen LogP contribution in [0.3, 0.4) is 0 Å². The summed E-state index contributed by atoms with van der Waals surface area (Å²) in [4.78, 5) is -0.309. The minimum Gasteiger partial charge on any atom is -0.313 e. The molecule has 0 aliphatic carbocycles. The first-order valence-corrected chi connectivity index (χ1v) is 9.34. The van der Waals surface area contributed by atoms with E-state index in [9.17, 15) is 12.8 Å². The maximum Gasteiger partial charge on any atom is 0.243 e. The number of halogens is 2. The predicted molar refractivity (Wildman–Crippen MR) is 86.2 cm³/mol. The number of sulfonamides is 1. The third-order valence-corrected chi connectivity index (χ3v) is 5.22. The standard InChI is InChI=1S/C14H22BrFN2O2S/c1-4-12(5-2)18-21(19,20)13-8-11(15)7-10(14(13)16)9-17-6-3/h7-8,12,17-18H,4-6,9H2,1-3H3. The van der Waals surface area contributed by atoms with Crippen LogP contribution in [-0.4, -0.2) is 21.0 Å². The molecule has 0 aromatic heterocycles. The van der Waals surface area contributed by atoms with Gasteiger partial charge < -0.3 is 5.32 Å². The lowest BCUT2D eigenvalue weighted by molar-refractivity contribution is 0.515. The zero-order valence-electron chi connectivity index (χ0n) is 12.5. The number of hydrogen-bond donors (Lipinski definition) is 2. The molecule has 0 spiro atoms.